The van der Waals surface area contributed by atoms with E-state index in [9.17, 15) is 0 Å². The summed E-state index contributed by atoms with van der Waals surface area (Å²) in [7, 11) is 0.190. The molecule has 0 aliphatic carbocycles. The van der Waals surface area contributed by atoms with Crippen LogP contribution in [0.3, 0.4) is 0 Å². The van der Waals surface area contributed by atoms with Crippen LogP contribution in [0, 0.1) is 20.8 Å². The summed E-state index contributed by atoms with van der Waals surface area (Å²) in [6.45, 7) is 25.9. The van der Waals surface area contributed by atoms with E-state index in [1.165, 1.54) is 40.7 Å². The second kappa shape index (κ2) is 19.4. The lowest BCUT2D eigenvalue weighted by atomic mass is 9.85. The highest BCUT2D eigenvalue weighted by Crippen LogP contribution is 2.46. The first kappa shape index (κ1) is 42.5. The first-order valence-electron chi connectivity index (χ1n) is 19.4. The van der Waals surface area contributed by atoms with Gasteiger partial charge in [-0.25, -0.2) is 0 Å². The Hall–Kier alpha value is -3.26. The van der Waals surface area contributed by atoms with Gasteiger partial charge in [0.2, 0.25) is 0 Å². The van der Waals surface area contributed by atoms with Crippen LogP contribution in [0.4, 0.5) is 0 Å². The number of hydrogen-bond donors (Lipinski definition) is 0. The molecule has 0 saturated heterocycles. The summed E-state index contributed by atoms with van der Waals surface area (Å²) < 4.78 is 33.0. The molecule has 7 heteroatoms. The third-order valence-electron chi connectivity index (χ3n) is 8.71. The van der Waals surface area contributed by atoms with E-state index in [1.54, 1.807) is 0 Å². The largest absolute Gasteiger partial charge is 0.488 e. The van der Waals surface area contributed by atoms with Crippen molar-refractivity contribution < 1.29 is 23.3 Å². The van der Waals surface area contributed by atoms with Crippen molar-refractivity contribution >= 4 is 17.6 Å². The van der Waals surface area contributed by atoms with Crippen LogP contribution in [0.2, 0.25) is 0 Å². The van der Waals surface area contributed by atoms with Gasteiger partial charge in [-0.15, -0.1) is 0 Å². The van der Waals surface area contributed by atoms with E-state index in [0.29, 0.717) is 0 Å². The molecule has 4 rings (SSSR count). The van der Waals surface area contributed by atoms with E-state index in [1.807, 2.05) is 12.1 Å². The van der Waals surface area contributed by atoms with Gasteiger partial charge in [-0.2, -0.15) is 0 Å². The fourth-order valence-corrected chi connectivity index (χ4v) is 7.94. The zero-order chi connectivity index (χ0) is 38.8. The molecular formula is C46H64O5P2. The molecule has 0 radical (unpaired) electrons. The number of aryl methyl sites for hydroxylation is 4. The summed E-state index contributed by atoms with van der Waals surface area (Å²) in [6.07, 6.45) is 6.13. The third kappa shape index (κ3) is 13.5. The van der Waals surface area contributed by atoms with Gasteiger partial charge in [0.15, 0.2) is 11.7 Å². The Morgan fingerprint density at radius 3 is 1.74 bits per heavy atom. The molecule has 0 fully saturated rings. The van der Waals surface area contributed by atoms with E-state index in [0.717, 1.165) is 65.6 Å². The first-order valence-corrected chi connectivity index (χ1v) is 21.4. The van der Waals surface area contributed by atoms with Crippen molar-refractivity contribution in [1.29, 1.82) is 0 Å². The molecule has 0 heterocycles. The topological polar surface area (TPSA) is 46.2 Å². The van der Waals surface area contributed by atoms with Crippen LogP contribution in [-0.4, -0.2) is 17.3 Å². The van der Waals surface area contributed by atoms with E-state index in [-0.39, 0.29) is 40.3 Å². The predicted octanol–water partition coefficient (Wildman–Crippen LogP) is 14.1. The zero-order valence-corrected chi connectivity index (χ0v) is 36.4. The quantitative estimate of drug-likeness (QED) is 0.0946. The maximum absolute atomic E-state index is 6.80. The van der Waals surface area contributed by atoms with Crippen LogP contribution in [0.1, 0.15) is 122 Å². The van der Waals surface area contributed by atoms with Crippen LogP contribution >= 0.6 is 17.6 Å². The van der Waals surface area contributed by atoms with Gasteiger partial charge in [0, 0.05) is 11.1 Å². The van der Waals surface area contributed by atoms with Gasteiger partial charge < -0.3 is 23.3 Å². The molecule has 4 atom stereocenters. The molecule has 0 spiro atoms. The molecule has 0 aliphatic rings. The Balaban J connectivity index is 1.70. The summed E-state index contributed by atoms with van der Waals surface area (Å²) in [5, 5.41) is 0. The van der Waals surface area contributed by atoms with Crippen molar-refractivity contribution in [3.05, 3.63) is 101 Å². The van der Waals surface area contributed by atoms with Crippen molar-refractivity contribution in [3.63, 3.8) is 0 Å². The number of unbranched alkanes of at least 4 members (excludes halogenated alkanes) is 1. The zero-order valence-electron chi connectivity index (χ0n) is 34.4. The van der Waals surface area contributed by atoms with E-state index in [2.05, 4.69) is 144 Å². The first-order chi connectivity index (χ1) is 25.1. The Kier molecular flexibility index (Phi) is 15.5. The van der Waals surface area contributed by atoms with E-state index in [4.69, 9.17) is 23.3 Å². The van der Waals surface area contributed by atoms with Crippen molar-refractivity contribution in [3.8, 4) is 39.9 Å². The normalized spacial score (nSPS) is 13.4. The average Bonchev–Trinajstić information content (AvgIpc) is 3.06. The Labute approximate surface area is 324 Å². The monoisotopic (exact) mass is 758 g/mol. The molecular weight excluding hydrogens is 694 g/mol. The highest BCUT2D eigenvalue weighted by Gasteiger charge is 2.23. The molecule has 0 amide bonds. The minimum absolute atomic E-state index is 0.0700. The molecule has 0 N–H and O–H groups in total. The highest BCUT2D eigenvalue weighted by molar-refractivity contribution is 7.33. The third-order valence-corrected chi connectivity index (χ3v) is 10.8. The molecule has 288 valence electrons. The van der Waals surface area contributed by atoms with Crippen molar-refractivity contribution in [2.45, 2.75) is 144 Å². The summed E-state index contributed by atoms with van der Waals surface area (Å²) in [6, 6.07) is 25.6. The van der Waals surface area contributed by atoms with Gasteiger partial charge in [0.25, 0.3) is 0 Å². The summed E-state index contributed by atoms with van der Waals surface area (Å²) in [4.78, 5) is 0. The molecule has 0 aliphatic heterocycles. The molecule has 4 aromatic rings. The standard InChI is InChI=1S/C46H64O5P2/c1-13-16-18-34-24-33(6)27-38(28-34)48-44(17-14-2)53-51-41-21-19-35(45(7,8)9)29-39(41)40-30-36(49-46(10,11)12)20-22-42(40)50-52-43(15-3)47-37-25-31(4)23-32(5)26-37/h19-30,43-44,52-53H,13-18H2,1-12H3. The van der Waals surface area contributed by atoms with Gasteiger partial charge >= 0.3 is 0 Å². The fraction of sp³-hybridized carbons (Fsp3) is 0.478. The lowest BCUT2D eigenvalue weighted by molar-refractivity contribution is 0.131. The predicted molar refractivity (Wildman–Crippen MR) is 229 cm³/mol. The SMILES string of the molecule is CCCCc1cc(C)cc(OC(CCC)POc2ccc(C(C)(C)C)cc2-c2cc(OC(C)(C)C)ccc2OPC(CC)Oc2cc(C)cc(C)c2)c1. The van der Waals surface area contributed by atoms with Crippen molar-refractivity contribution in [1.82, 2.24) is 0 Å². The van der Waals surface area contributed by atoms with Gasteiger partial charge in [-0.3, -0.25) is 0 Å². The second-order valence-electron chi connectivity index (χ2n) is 16.3. The number of hydrogen-bond acceptors (Lipinski definition) is 5. The van der Waals surface area contributed by atoms with Crippen LogP contribution in [0.25, 0.3) is 11.1 Å². The molecule has 4 aromatic carbocycles. The van der Waals surface area contributed by atoms with E-state index < -0.39 is 0 Å². The maximum Gasteiger partial charge on any atom is 0.150 e. The van der Waals surface area contributed by atoms with Crippen LogP contribution in [0.15, 0.2) is 72.8 Å². The molecule has 0 bridgehead atoms. The van der Waals surface area contributed by atoms with Gasteiger partial charge in [0.05, 0.1) is 0 Å². The van der Waals surface area contributed by atoms with Gasteiger partial charge in [0.1, 0.15) is 52.0 Å². The minimum Gasteiger partial charge on any atom is -0.488 e. The lowest BCUT2D eigenvalue weighted by Gasteiger charge is -2.26. The number of ether oxygens (including phenoxy) is 3. The lowest BCUT2D eigenvalue weighted by Crippen LogP contribution is -2.22. The molecule has 0 saturated carbocycles. The molecule has 53 heavy (non-hydrogen) atoms. The van der Waals surface area contributed by atoms with Crippen LogP contribution in [-0.2, 0) is 11.8 Å². The molecule has 0 aromatic heterocycles. The fourth-order valence-electron chi connectivity index (χ4n) is 6.12. The van der Waals surface area contributed by atoms with Crippen molar-refractivity contribution in [2.24, 2.45) is 0 Å². The van der Waals surface area contributed by atoms with Crippen LogP contribution in [0.5, 0.6) is 28.7 Å². The van der Waals surface area contributed by atoms with Gasteiger partial charge in [-0.05, 0) is 155 Å². The summed E-state index contributed by atoms with van der Waals surface area (Å²) in [5.41, 5.74) is 7.61. The molecule has 5 nitrogen and oxygen atoms in total. The summed E-state index contributed by atoms with van der Waals surface area (Å²) in [5.74, 6) is 3.98. The van der Waals surface area contributed by atoms with Gasteiger partial charge in [-0.1, -0.05) is 72.6 Å². The Morgan fingerprint density at radius 1 is 0.585 bits per heavy atom. The van der Waals surface area contributed by atoms with E-state index >= 15 is 0 Å². The average molecular weight is 759 g/mol. The molecule has 4 unspecified atom stereocenters. The highest BCUT2D eigenvalue weighted by atomic mass is 31.1. The van der Waals surface area contributed by atoms with Crippen LogP contribution < -0.4 is 23.3 Å². The smallest absolute Gasteiger partial charge is 0.150 e. The number of benzene rings is 4. The summed E-state index contributed by atoms with van der Waals surface area (Å²) >= 11 is 0. The van der Waals surface area contributed by atoms with Crippen molar-refractivity contribution in [2.75, 3.05) is 0 Å². The minimum atomic E-state index is -0.362. The Bertz CT molecular complexity index is 1750. The number of rotatable bonds is 18. The Morgan fingerprint density at radius 2 is 1.15 bits per heavy atom. The second-order valence-corrected chi connectivity index (χ2v) is 18.4. The maximum atomic E-state index is 6.80.